The molecule has 1 fully saturated rings. The van der Waals surface area contributed by atoms with Crippen molar-refractivity contribution >= 4 is 5.91 Å². The molecule has 1 aliphatic heterocycles. The molecule has 0 radical (unpaired) electrons. The van der Waals surface area contributed by atoms with E-state index >= 15 is 0 Å². The van der Waals surface area contributed by atoms with Gasteiger partial charge in [0.1, 0.15) is 11.9 Å². The Labute approximate surface area is 171 Å². The van der Waals surface area contributed by atoms with Crippen molar-refractivity contribution in [2.24, 2.45) is 5.92 Å². The summed E-state index contributed by atoms with van der Waals surface area (Å²) in [4.78, 5) is 18.5. The van der Waals surface area contributed by atoms with E-state index in [1.165, 1.54) is 12.8 Å². The van der Waals surface area contributed by atoms with Crippen LogP contribution in [0.5, 0.6) is 5.75 Å². The minimum Gasteiger partial charge on any atom is -0.487 e. The summed E-state index contributed by atoms with van der Waals surface area (Å²) >= 11 is 0. The van der Waals surface area contributed by atoms with Crippen LogP contribution in [0, 0.1) is 5.92 Å². The van der Waals surface area contributed by atoms with E-state index in [2.05, 4.69) is 37.6 Å². The Morgan fingerprint density at radius 1 is 1.38 bits per heavy atom. The quantitative estimate of drug-likeness (QED) is 0.646. The van der Waals surface area contributed by atoms with Gasteiger partial charge in [-0.15, -0.1) is 5.10 Å². The highest BCUT2D eigenvalue weighted by atomic mass is 16.5. The van der Waals surface area contributed by atoms with Crippen LogP contribution in [0.15, 0.2) is 24.5 Å². The molecule has 158 valence electrons. The van der Waals surface area contributed by atoms with Crippen molar-refractivity contribution in [1.29, 1.82) is 0 Å². The van der Waals surface area contributed by atoms with Crippen LogP contribution in [-0.4, -0.2) is 61.7 Å². The van der Waals surface area contributed by atoms with Crippen LogP contribution in [0.4, 0.5) is 0 Å². The molecule has 2 aromatic rings. The third-order valence-electron chi connectivity index (χ3n) is 5.18. The van der Waals surface area contributed by atoms with Crippen LogP contribution < -0.4 is 10.1 Å². The van der Waals surface area contributed by atoms with E-state index in [0.717, 1.165) is 31.4 Å². The monoisotopic (exact) mass is 401 g/mol. The molecule has 29 heavy (non-hydrogen) atoms. The van der Waals surface area contributed by atoms with Gasteiger partial charge in [0.25, 0.3) is 0 Å². The van der Waals surface area contributed by atoms with E-state index in [-0.39, 0.29) is 12.0 Å². The summed E-state index contributed by atoms with van der Waals surface area (Å²) in [5, 5.41) is 15.0. The molecule has 3 rings (SSSR count). The Morgan fingerprint density at radius 2 is 2.21 bits per heavy atom. The fraction of sp³-hybridized carbons (Fsp3) is 0.650. The molecular weight excluding hydrogens is 370 g/mol. The van der Waals surface area contributed by atoms with E-state index in [4.69, 9.17) is 4.74 Å². The zero-order chi connectivity index (χ0) is 20.5. The molecule has 0 bridgehead atoms. The number of piperidine rings is 1. The number of nitrogens with one attached hydrogen (secondary N) is 1. The first kappa shape index (κ1) is 21.2. The largest absolute Gasteiger partial charge is 0.487 e. The Bertz CT molecular complexity index is 744. The fourth-order valence-corrected chi connectivity index (χ4v) is 3.36. The molecule has 9 heteroatoms. The van der Waals surface area contributed by atoms with Gasteiger partial charge >= 0.3 is 0 Å². The standard InChI is InChI=1S/C20H31N7O2/c1-16-7-11-26(12-8-16)15-19-23-24-25-27(19)10-4-6-20(28)22-13-17(2)29-18-5-3-9-21-14-18/h3,5,9,14,16-17H,4,6-8,10-13,15H2,1-2H3,(H,22,28). The average Bonchev–Trinajstić information content (AvgIpc) is 3.16. The molecule has 0 spiro atoms. The zero-order valence-electron chi connectivity index (χ0n) is 17.3. The van der Waals surface area contributed by atoms with Crippen molar-refractivity contribution in [1.82, 2.24) is 35.4 Å². The number of aromatic nitrogens is 5. The van der Waals surface area contributed by atoms with Gasteiger partial charge in [-0.1, -0.05) is 6.92 Å². The van der Waals surface area contributed by atoms with E-state index in [1.807, 2.05) is 23.7 Å². The lowest BCUT2D eigenvalue weighted by Crippen LogP contribution is -2.34. The predicted molar refractivity (Wildman–Crippen MR) is 108 cm³/mol. The predicted octanol–water partition coefficient (Wildman–Crippen LogP) is 1.66. The number of pyridine rings is 1. The first-order valence-corrected chi connectivity index (χ1v) is 10.4. The molecule has 1 atom stereocenters. The van der Waals surface area contributed by atoms with E-state index in [9.17, 15) is 4.79 Å². The number of carbonyl (C=O) groups excluding carboxylic acids is 1. The molecule has 1 aliphatic rings. The number of tetrazole rings is 1. The molecule has 2 aromatic heterocycles. The van der Waals surface area contributed by atoms with Gasteiger partial charge in [0.2, 0.25) is 5.91 Å². The second-order valence-electron chi connectivity index (χ2n) is 7.80. The Morgan fingerprint density at radius 3 is 2.97 bits per heavy atom. The van der Waals surface area contributed by atoms with Gasteiger partial charge in [-0.25, -0.2) is 4.68 Å². The highest BCUT2D eigenvalue weighted by molar-refractivity contribution is 5.75. The summed E-state index contributed by atoms with van der Waals surface area (Å²) < 4.78 is 7.53. The molecule has 1 amide bonds. The Kier molecular flexibility index (Phi) is 7.92. The topological polar surface area (TPSA) is 98.1 Å². The van der Waals surface area contributed by atoms with E-state index in [1.54, 1.807) is 12.4 Å². The summed E-state index contributed by atoms with van der Waals surface area (Å²) in [6, 6.07) is 3.67. The lowest BCUT2D eigenvalue weighted by Gasteiger charge is -2.29. The van der Waals surface area contributed by atoms with Gasteiger partial charge in [0.15, 0.2) is 5.82 Å². The molecule has 1 unspecified atom stereocenters. The maximum atomic E-state index is 12.1. The number of carbonyl (C=O) groups is 1. The van der Waals surface area contributed by atoms with Crippen LogP contribution in [0.25, 0.3) is 0 Å². The number of nitrogens with zero attached hydrogens (tertiary/aromatic N) is 6. The molecule has 9 nitrogen and oxygen atoms in total. The summed E-state index contributed by atoms with van der Waals surface area (Å²) in [7, 11) is 0. The first-order chi connectivity index (χ1) is 14.1. The molecule has 0 aliphatic carbocycles. The van der Waals surface area contributed by atoms with Crippen LogP contribution >= 0.6 is 0 Å². The van der Waals surface area contributed by atoms with Crippen molar-refractivity contribution in [3.05, 3.63) is 30.4 Å². The molecule has 0 aromatic carbocycles. The Balaban J connectivity index is 1.33. The summed E-state index contributed by atoms with van der Waals surface area (Å²) in [6.07, 6.45) is 6.81. The van der Waals surface area contributed by atoms with Crippen LogP contribution in [0.1, 0.15) is 45.4 Å². The minimum atomic E-state index is -0.124. The third kappa shape index (κ3) is 7.08. The van der Waals surface area contributed by atoms with Crippen molar-refractivity contribution in [3.8, 4) is 5.75 Å². The molecule has 1 saturated heterocycles. The van der Waals surface area contributed by atoms with Gasteiger partial charge in [-0.3, -0.25) is 14.7 Å². The highest BCUT2D eigenvalue weighted by Crippen LogP contribution is 2.17. The SMILES string of the molecule is CC1CCN(Cc2nnnn2CCCC(=O)NCC(C)Oc2cccnc2)CC1. The molecule has 1 N–H and O–H groups in total. The zero-order valence-corrected chi connectivity index (χ0v) is 17.3. The summed E-state index contributed by atoms with van der Waals surface area (Å²) in [6.45, 7) is 8.28. The number of likely N-dealkylation sites (tertiary alicyclic amines) is 1. The lowest BCUT2D eigenvalue weighted by molar-refractivity contribution is -0.121. The van der Waals surface area contributed by atoms with Crippen LogP contribution in [0.2, 0.25) is 0 Å². The van der Waals surface area contributed by atoms with Crippen LogP contribution in [-0.2, 0) is 17.9 Å². The average molecular weight is 402 g/mol. The second kappa shape index (κ2) is 10.8. The first-order valence-electron chi connectivity index (χ1n) is 10.4. The van der Waals surface area contributed by atoms with Gasteiger partial charge in [0, 0.05) is 19.2 Å². The maximum absolute atomic E-state index is 12.1. The van der Waals surface area contributed by atoms with Gasteiger partial charge in [-0.05, 0) is 67.8 Å². The molecule has 3 heterocycles. The maximum Gasteiger partial charge on any atom is 0.220 e. The van der Waals surface area contributed by atoms with Crippen LogP contribution in [0.3, 0.4) is 0 Å². The highest BCUT2D eigenvalue weighted by Gasteiger charge is 2.18. The van der Waals surface area contributed by atoms with Crippen molar-refractivity contribution < 1.29 is 9.53 Å². The van der Waals surface area contributed by atoms with E-state index < -0.39 is 0 Å². The van der Waals surface area contributed by atoms with Gasteiger partial charge in [-0.2, -0.15) is 0 Å². The smallest absolute Gasteiger partial charge is 0.220 e. The van der Waals surface area contributed by atoms with Crippen molar-refractivity contribution in [2.45, 2.75) is 58.7 Å². The lowest BCUT2D eigenvalue weighted by atomic mass is 9.99. The summed E-state index contributed by atoms with van der Waals surface area (Å²) in [5.74, 6) is 2.38. The number of ether oxygens (including phenoxy) is 1. The van der Waals surface area contributed by atoms with Gasteiger partial charge in [0.05, 0.1) is 19.3 Å². The molecular formula is C20H31N7O2. The van der Waals surface area contributed by atoms with E-state index in [0.29, 0.717) is 31.7 Å². The van der Waals surface area contributed by atoms with Crippen molar-refractivity contribution in [2.75, 3.05) is 19.6 Å². The number of amides is 1. The molecule has 0 saturated carbocycles. The summed E-state index contributed by atoms with van der Waals surface area (Å²) in [5.41, 5.74) is 0. The number of aryl methyl sites for hydroxylation is 1. The number of rotatable bonds is 10. The minimum absolute atomic E-state index is 0.00581. The number of hydrogen-bond donors (Lipinski definition) is 1. The fourth-order valence-electron chi connectivity index (χ4n) is 3.36. The number of hydrogen-bond acceptors (Lipinski definition) is 7. The third-order valence-corrected chi connectivity index (χ3v) is 5.18. The normalized spacial score (nSPS) is 16.5. The Hall–Kier alpha value is -2.55. The van der Waals surface area contributed by atoms with Crippen molar-refractivity contribution in [3.63, 3.8) is 0 Å². The van der Waals surface area contributed by atoms with Gasteiger partial charge < -0.3 is 10.1 Å². The second-order valence-corrected chi connectivity index (χ2v) is 7.80.